The Morgan fingerprint density at radius 3 is 2.26 bits per heavy atom. The molecule has 1 aromatic carbocycles. The Kier molecular flexibility index (Phi) is 4.45. The molecule has 19 heavy (non-hydrogen) atoms. The van der Waals surface area contributed by atoms with Gasteiger partial charge in [-0.1, -0.05) is 19.3 Å². The van der Waals surface area contributed by atoms with Gasteiger partial charge in [-0.3, -0.25) is 4.79 Å². The second kappa shape index (κ2) is 6.08. The number of hydrogen-bond acceptors (Lipinski definition) is 1. The van der Waals surface area contributed by atoms with Gasteiger partial charge in [0.1, 0.15) is 17.5 Å². The fourth-order valence-electron chi connectivity index (χ4n) is 2.43. The summed E-state index contributed by atoms with van der Waals surface area (Å²) in [5.41, 5.74) is -0.300. The number of nitrogens with one attached hydrogen (secondary N) is 1. The Morgan fingerprint density at radius 2 is 1.68 bits per heavy atom. The van der Waals surface area contributed by atoms with Gasteiger partial charge in [0, 0.05) is 30.2 Å². The molecule has 0 heterocycles. The number of amides is 1. The van der Waals surface area contributed by atoms with Gasteiger partial charge < -0.3 is 5.32 Å². The Labute approximate surface area is 110 Å². The summed E-state index contributed by atoms with van der Waals surface area (Å²) in [6.45, 7) is -0.243. The summed E-state index contributed by atoms with van der Waals surface area (Å²) in [7, 11) is 0. The summed E-state index contributed by atoms with van der Waals surface area (Å²) < 4.78 is 39.5. The molecule has 0 spiro atoms. The van der Waals surface area contributed by atoms with E-state index in [4.69, 9.17) is 0 Å². The quantitative estimate of drug-likeness (QED) is 0.898. The van der Waals surface area contributed by atoms with Crippen LogP contribution in [-0.2, 0) is 11.3 Å². The Hall–Kier alpha value is -1.52. The number of hydrogen-bond donors (Lipinski definition) is 1. The Bertz CT molecular complexity index is 447. The van der Waals surface area contributed by atoms with Crippen LogP contribution in [0.1, 0.15) is 37.7 Å². The van der Waals surface area contributed by atoms with Crippen LogP contribution in [0.4, 0.5) is 13.2 Å². The SMILES string of the molecule is O=C(NCc1c(F)cc(F)cc1F)C1CCCCC1. The zero-order valence-corrected chi connectivity index (χ0v) is 10.5. The summed E-state index contributed by atoms with van der Waals surface area (Å²) in [6.07, 6.45) is 4.79. The Balaban J connectivity index is 1.96. The molecular weight excluding hydrogens is 255 g/mol. The molecule has 0 radical (unpaired) electrons. The van der Waals surface area contributed by atoms with E-state index in [1.54, 1.807) is 0 Å². The second-order valence-electron chi connectivity index (χ2n) is 4.90. The summed E-state index contributed by atoms with van der Waals surface area (Å²) in [5.74, 6) is -3.15. The third-order valence-electron chi connectivity index (χ3n) is 3.52. The minimum Gasteiger partial charge on any atom is -0.352 e. The average Bonchev–Trinajstić information content (AvgIpc) is 2.38. The molecule has 1 aromatic rings. The molecule has 0 aliphatic heterocycles. The van der Waals surface area contributed by atoms with Gasteiger partial charge >= 0.3 is 0 Å². The van der Waals surface area contributed by atoms with Crippen LogP contribution in [0.2, 0.25) is 0 Å². The molecule has 2 rings (SSSR count). The summed E-state index contributed by atoms with van der Waals surface area (Å²) in [6, 6.07) is 1.23. The number of halogens is 3. The zero-order valence-electron chi connectivity index (χ0n) is 10.5. The van der Waals surface area contributed by atoms with Crippen LogP contribution in [0.15, 0.2) is 12.1 Å². The van der Waals surface area contributed by atoms with E-state index >= 15 is 0 Å². The standard InChI is InChI=1S/C14H16F3NO/c15-10-6-12(16)11(13(17)7-10)8-18-14(19)9-4-2-1-3-5-9/h6-7,9H,1-5,8H2,(H,18,19). The zero-order chi connectivity index (χ0) is 13.8. The maximum Gasteiger partial charge on any atom is 0.223 e. The number of carbonyl (C=O) groups excluding carboxylic acids is 1. The van der Waals surface area contributed by atoms with Crippen molar-refractivity contribution in [3.8, 4) is 0 Å². The van der Waals surface area contributed by atoms with E-state index in [1.165, 1.54) is 0 Å². The van der Waals surface area contributed by atoms with Gasteiger partial charge in [-0.05, 0) is 12.8 Å². The number of benzene rings is 1. The van der Waals surface area contributed by atoms with Crippen molar-refractivity contribution in [3.63, 3.8) is 0 Å². The van der Waals surface area contributed by atoms with Crippen LogP contribution in [0.25, 0.3) is 0 Å². The highest BCUT2D eigenvalue weighted by atomic mass is 19.1. The van der Waals surface area contributed by atoms with Crippen LogP contribution < -0.4 is 5.32 Å². The maximum absolute atomic E-state index is 13.4. The first-order valence-electron chi connectivity index (χ1n) is 6.49. The predicted octanol–water partition coefficient (Wildman–Crippen LogP) is 3.30. The van der Waals surface area contributed by atoms with Gasteiger partial charge in [-0.15, -0.1) is 0 Å². The summed E-state index contributed by atoms with van der Waals surface area (Å²) >= 11 is 0. The van der Waals surface area contributed by atoms with Crippen molar-refractivity contribution in [3.05, 3.63) is 35.1 Å². The lowest BCUT2D eigenvalue weighted by Gasteiger charge is -2.20. The van der Waals surface area contributed by atoms with Crippen molar-refractivity contribution in [2.75, 3.05) is 0 Å². The molecule has 0 aromatic heterocycles. The largest absolute Gasteiger partial charge is 0.352 e. The topological polar surface area (TPSA) is 29.1 Å². The maximum atomic E-state index is 13.4. The lowest BCUT2D eigenvalue weighted by atomic mass is 9.88. The molecule has 0 atom stereocenters. The first-order valence-corrected chi connectivity index (χ1v) is 6.49. The fourth-order valence-corrected chi connectivity index (χ4v) is 2.43. The van der Waals surface area contributed by atoms with Gasteiger partial charge in [0.15, 0.2) is 0 Å². The molecule has 0 unspecified atom stereocenters. The third-order valence-corrected chi connectivity index (χ3v) is 3.52. The minimum atomic E-state index is -0.971. The highest BCUT2D eigenvalue weighted by Crippen LogP contribution is 2.24. The fraction of sp³-hybridized carbons (Fsp3) is 0.500. The van der Waals surface area contributed by atoms with E-state index in [9.17, 15) is 18.0 Å². The molecule has 1 fully saturated rings. The van der Waals surface area contributed by atoms with E-state index in [-0.39, 0.29) is 23.9 Å². The summed E-state index contributed by atoms with van der Waals surface area (Å²) in [5, 5.41) is 2.53. The van der Waals surface area contributed by atoms with Crippen LogP contribution >= 0.6 is 0 Å². The molecule has 1 aliphatic carbocycles. The lowest BCUT2D eigenvalue weighted by molar-refractivity contribution is -0.126. The van der Waals surface area contributed by atoms with Crippen molar-refractivity contribution in [1.29, 1.82) is 0 Å². The molecule has 5 heteroatoms. The summed E-state index contributed by atoms with van der Waals surface area (Å²) in [4.78, 5) is 11.8. The lowest BCUT2D eigenvalue weighted by Crippen LogP contribution is -2.32. The van der Waals surface area contributed by atoms with E-state index in [2.05, 4.69) is 5.32 Å². The smallest absolute Gasteiger partial charge is 0.223 e. The van der Waals surface area contributed by atoms with Crippen molar-refractivity contribution >= 4 is 5.91 Å². The predicted molar refractivity (Wildman–Crippen MR) is 64.7 cm³/mol. The molecular formula is C14H16F3NO. The first-order chi connectivity index (χ1) is 9.08. The Morgan fingerprint density at radius 1 is 1.11 bits per heavy atom. The number of carbonyl (C=O) groups is 1. The molecule has 104 valence electrons. The van der Waals surface area contributed by atoms with Crippen molar-refractivity contribution < 1.29 is 18.0 Å². The normalized spacial score (nSPS) is 16.4. The van der Waals surface area contributed by atoms with E-state index in [1.807, 2.05) is 0 Å². The van der Waals surface area contributed by atoms with Gasteiger partial charge in [0.05, 0.1) is 0 Å². The van der Waals surface area contributed by atoms with E-state index < -0.39 is 17.5 Å². The second-order valence-corrected chi connectivity index (χ2v) is 4.90. The van der Waals surface area contributed by atoms with Crippen molar-refractivity contribution in [1.82, 2.24) is 5.32 Å². The first kappa shape index (κ1) is 13.9. The van der Waals surface area contributed by atoms with Crippen molar-refractivity contribution in [2.45, 2.75) is 38.6 Å². The third kappa shape index (κ3) is 3.49. The van der Waals surface area contributed by atoms with E-state index in [0.29, 0.717) is 12.1 Å². The molecule has 1 N–H and O–H groups in total. The molecule has 1 aliphatic rings. The van der Waals surface area contributed by atoms with Gasteiger partial charge in [0.25, 0.3) is 0 Å². The van der Waals surface area contributed by atoms with E-state index in [0.717, 1.165) is 32.1 Å². The number of rotatable bonds is 3. The molecule has 1 saturated carbocycles. The molecule has 0 saturated heterocycles. The molecule has 1 amide bonds. The monoisotopic (exact) mass is 271 g/mol. The van der Waals surface area contributed by atoms with Crippen LogP contribution in [0.3, 0.4) is 0 Å². The van der Waals surface area contributed by atoms with Crippen LogP contribution in [0.5, 0.6) is 0 Å². The highest BCUT2D eigenvalue weighted by molar-refractivity contribution is 5.78. The highest BCUT2D eigenvalue weighted by Gasteiger charge is 2.21. The minimum absolute atomic E-state index is 0.0691. The van der Waals surface area contributed by atoms with Gasteiger partial charge in [-0.2, -0.15) is 0 Å². The van der Waals surface area contributed by atoms with Gasteiger partial charge in [-0.25, -0.2) is 13.2 Å². The molecule has 2 nitrogen and oxygen atoms in total. The average molecular weight is 271 g/mol. The molecule has 0 bridgehead atoms. The van der Waals surface area contributed by atoms with Crippen LogP contribution in [0, 0.1) is 23.4 Å². The van der Waals surface area contributed by atoms with Gasteiger partial charge in [0.2, 0.25) is 5.91 Å². The van der Waals surface area contributed by atoms with Crippen molar-refractivity contribution in [2.24, 2.45) is 5.92 Å². The van der Waals surface area contributed by atoms with Crippen LogP contribution in [-0.4, -0.2) is 5.91 Å².